The van der Waals surface area contributed by atoms with E-state index in [1.807, 2.05) is 54.6 Å². The topological polar surface area (TPSA) is 103 Å². The number of aromatic nitrogens is 4. The smallest absolute Gasteiger partial charge is 0.262 e. The van der Waals surface area contributed by atoms with Crippen LogP contribution in [0.3, 0.4) is 0 Å². The molecule has 0 N–H and O–H groups in total. The summed E-state index contributed by atoms with van der Waals surface area (Å²) in [5.41, 5.74) is 1.19. The highest BCUT2D eigenvalue weighted by Crippen LogP contribution is 2.31. The molecule has 0 saturated carbocycles. The number of likely N-dealkylation sites (tertiary alicyclic amines) is 1. The molecule has 1 aliphatic rings. The second kappa shape index (κ2) is 8.84. The van der Waals surface area contributed by atoms with E-state index in [-0.39, 0.29) is 18.6 Å². The molecule has 4 aromatic rings. The number of hydrogen-bond acceptors (Lipinski definition) is 8. The standard InChI is InChI=1S/C23H19N5O4/c29-21(15-30-16-6-2-1-3-7-16)28-13-17(14-28)31-20-9-5-4-8-18(20)23-26-22(27-32-23)19-12-24-10-11-25-19/h1-12,17H,13-15H2. The van der Waals surface area contributed by atoms with Crippen molar-refractivity contribution < 1.29 is 18.8 Å². The highest BCUT2D eigenvalue weighted by Gasteiger charge is 2.33. The van der Waals surface area contributed by atoms with E-state index in [9.17, 15) is 4.79 Å². The van der Waals surface area contributed by atoms with Gasteiger partial charge in [0.15, 0.2) is 6.61 Å². The Kier molecular flexibility index (Phi) is 5.44. The van der Waals surface area contributed by atoms with Gasteiger partial charge in [0.05, 0.1) is 24.8 Å². The second-order valence-corrected chi connectivity index (χ2v) is 7.15. The summed E-state index contributed by atoms with van der Waals surface area (Å²) in [7, 11) is 0. The van der Waals surface area contributed by atoms with Gasteiger partial charge < -0.3 is 18.9 Å². The summed E-state index contributed by atoms with van der Waals surface area (Å²) in [5, 5.41) is 3.99. The normalized spacial score (nSPS) is 13.4. The molecule has 1 fully saturated rings. The average Bonchev–Trinajstić information content (AvgIpc) is 3.31. The molecule has 3 heterocycles. The van der Waals surface area contributed by atoms with E-state index in [0.29, 0.717) is 47.6 Å². The fraction of sp³-hybridized carbons (Fsp3) is 0.174. The van der Waals surface area contributed by atoms with Crippen molar-refractivity contribution in [3.05, 3.63) is 73.2 Å². The Morgan fingerprint density at radius 2 is 1.88 bits per heavy atom. The predicted molar refractivity (Wildman–Crippen MR) is 114 cm³/mol. The van der Waals surface area contributed by atoms with Crippen LogP contribution >= 0.6 is 0 Å². The van der Waals surface area contributed by atoms with Gasteiger partial charge in [-0.1, -0.05) is 35.5 Å². The van der Waals surface area contributed by atoms with Gasteiger partial charge in [-0.2, -0.15) is 4.98 Å². The van der Waals surface area contributed by atoms with E-state index >= 15 is 0 Å². The maximum absolute atomic E-state index is 12.3. The Labute approximate surface area is 183 Å². The molecule has 0 bridgehead atoms. The zero-order valence-electron chi connectivity index (χ0n) is 17.0. The van der Waals surface area contributed by atoms with Crippen molar-refractivity contribution in [2.45, 2.75) is 6.10 Å². The fourth-order valence-electron chi connectivity index (χ4n) is 3.25. The fourth-order valence-corrected chi connectivity index (χ4v) is 3.25. The predicted octanol–water partition coefficient (Wildman–Crippen LogP) is 2.86. The zero-order chi connectivity index (χ0) is 21.8. The van der Waals surface area contributed by atoms with Crippen molar-refractivity contribution in [1.29, 1.82) is 0 Å². The van der Waals surface area contributed by atoms with Gasteiger partial charge in [0.1, 0.15) is 23.3 Å². The number of ether oxygens (including phenoxy) is 2. The van der Waals surface area contributed by atoms with Gasteiger partial charge in [-0.05, 0) is 24.3 Å². The third kappa shape index (κ3) is 4.27. The van der Waals surface area contributed by atoms with Crippen LogP contribution in [0.1, 0.15) is 0 Å². The molecule has 2 aromatic heterocycles. The summed E-state index contributed by atoms with van der Waals surface area (Å²) in [6, 6.07) is 16.7. The summed E-state index contributed by atoms with van der Waals surface area (Å²) in [5.74, 6) is 1.88. The van der Waals surface area contributed by atoms with Gasteiger partial charge in [0.2, 0.25) is 5.82 Å². The number of para-hydroxylation sites is 2. The molecule has 0 unspecified atom stereocenters. The maximum Gasteiger partial charge on any atom is 0.262 e. The van der Waals surface area contributed by atoms with Crippen LogP contribution in [0.5, 0.6) is 11.5 Å². The van der Waals surface area contributed by atoms with Gasteiger partial charge in [0.25, 0.3) is 11.8 Å². The molecule has 5 rings (SSSR count). The highest BCUT2D eigenvalue weighted by atomic mass is 16.5. The molecule has 0 aliphatic carbocycles. The Bertz CT molecular complexity index is 1190. The first-order valence-corrected chi connectivity index (χ1v) is 10.1. The maximum atomic E-state index is 12.3. The minimum atomic E-state index is -0.126. The molecule has 1 saturated heterocycles. The summed E-state index contributed by atoms with van der Waals surface area (Å²) in [6.07, 6.45) is 4.59. The van der Waals surface area contributed by atoms with Crippen molar-refractivity contribution >= 4 is 5.91 Å². The number of nitrogens with zero attached hydrogens (tertiary/aromatic N) is 5. The number of carbonyl (C=O) groups excluding carboxylic acids is 1. The summed E-state index contributed by atoms with van der Waals surface area (Å²) in [4.78, 5) is 26.6. The van der Waals surface area contributed by atoms with Crippen LogP contribution in [0.2, 0.25) is 0 Å². The SMILES string of the molecule is O=C(COc1ccccc1)N1CC(Oc2ccccc2-c2nc(-c3cnccn3)no2)C1. The van der Waals surface area contributed by atoms with E-state index in [1.54, 1.807) is 23.5 Å². The Morgan fingerprint density at radius 3 is 2.69 bits per heavy atom. The van der Waals surface area contributed by atoms with E-state index < -0.39 is 0 Å². The lowest BCUT2D eigenvalue weighted by Gasteiger charge is -2.39. The average molecular weight is 429 g/mol. The van der Waals surface area contributed by atoms with Crippen molar-refractivity contribution in [3.8, 4) is 34.5 Å². The Hall–Kier alpha value is -4.27. The van der Waals surface area contributed by atoms with E-state index in [1.165, 1.54) is 0 Å². The highest BCUT2D eigenvalue weighted by molar-refractivity contribution is 5.78. The molecule has 1 aliphatic heterocycles. The molecular weight excluding hydrogens is 410 g/mol. The van der Waals surface area contributed by atoms with Gasteiger partial charge in [-0.3, -0.25) is 9.78 Å². The lowest BCUT2D eigenvalue weighted by atomic mass is 10.1. The number of carbonyl (C=O) groups is 1. The third-order valence-corrected chi connectivity index (χ3v) is 4.94. The first kappa shape index (κ1) is 19.7. The zero-order valence-corrected chi connectivity index (χ0v) is 17.0. The monoisotopic (exact) mass is 429 g/mol. The van der Waals surface area contributed by atoms with Crippen molar-refractivity contribution in [3.63, 3.8) is 0 Å². The van der Waals surface area contributed by atoms with Crippen LogP contribution in [0.25, 0.3) is 23.0 Å². The van der Waals surface area contributed by atoms with Crippen molar-refractivity contribution in [2.75, 3.05) is 19.7 Å². The molecule has 0 atom stereocenters. The summed E-state index contributed by atoms with van der Waals surface area (Å²) in [6.45, 7) is 0.973. The van der Waals surface area contributed by atoms with Gasteiger partial charge >= 0.3 is 0 Å². The lowest BCUT2D eigenvalue weighted by molar-refractivity contribution is -0.142. The summed E-state index contributed by atoms with van der Waals surface area (Å²) >= 11 is 0. The van der Waals surface area contributed by atoms with Crippen LogP contribution in [-0.2, 0) is 4.79 Å². The Balaban J connectivity index is 1.20. The number of rotatable bonds is 7. The van der Waals surface area contributed by atoms with E-state index in [0.717, 1.165) is 0 Å². The molecular formula is C23H19N5O4. The molecule has 1 amide bonds. The van der Waals surface area contributed by atoms with Gasteiger partial charge in [-0.25, -0.2) is 4.98 Å². The quantitative estimate of drug-likeness (QED) is 0.442. The van der Waals surface area contributed by atoms with Gasteiger partial charge in [0, 0.05) is 12.4 Å². The van der Waals surface area contributed by atoms with E-state index in [4.69, 9.17) is 14.0 Å². The lowest BCUT2D eigenvalue weighted by Crippen LogP contribution is -2.57. The second-order valence-electron chi connectivity index (χ2n) is 7.15. The van der Waals surface area contributed by atoms with Crippen molar-refractivity contribution in [2.24, 2.45) is 0 Å². The Morgan fingerprint density at radius 1 is 1.06 bits per heavy atom. The molecule has 2 aromatic carbocycles. The molecule has 32 heavy (non-hydrogen) atoms. The minimum Gasteiger partial charge on any atom is -0.486 e. The first-order chi connectivity index (χ1) is 15.8. The van der Waals surface area contributed by atoms with Crippen molar-refractivity contribution in [1.82, 2.24) is 25.0 Å². The third-order valence-electron chi connectivity index (χ3n) is 4.94. The largest absolute Gasteiger partial charge is 0.486 e. The van der Waals surface area contributed by atoms with Gasteiger partial charge in [-0.15, -0.1) is 0 Å². The number of hydrogen-bond donors (Lipinski definition) is 0. The van der Waals surface area contributed by atoms with Crippen LogP contribution in [0.4, 0.5) is 0 Å². The molecule has 0 radical (unpaired) electrons. The van der Waals surface area contributed by atoms with Crippen LogP contribution < -0.4 is 9.47 Å². The molecule has 9 heteroatoms. The minimum absolute atomic E-state index is 0.000457. The summed E-state index contributed by atoms with van der Waals surface area (Å²) < 4.78 is 17.1. The molecule has 0 spiro atoms. The van der Waals surface area contributed by atoms with E-state index in [2.05, 4.69) is 20.1 Å². The van der Waals surface area contributed by atoms with Crippen LogP contribution in [0.15, 0.2) is 77.7 Å². The van der Waals surface area contributed by atoms with Crippen LogP contribution in [-0.4, -0.2) is 56.7 Å². The number of amides is 1. The first-order valence-electron chi connectivity index (χ1n) is 10.1. The van der Waals surface area contributed by atoms with Crippen LogP contribution in [0, 0.1) is 0 Å². The number of benzene rings is 2. The molecule has 160 valence electrons. The molecule has 9 nitrogen and oxygen atoms in total.